The average molecular weight is 381 g/mol. The van der Waals surface area contributed by atoms with Crippen LogP contribution in [0.2, 0.25) is 0 Å². The second kappa shape index (κ2) is 5.97. The number of halogens is 6. The minimum absolute atomic E-state index is 0.234. The first-order valence-corrected chi connectivity index (χ1v) is 8.30. The predicted molar refractivity (Wildman–Crippen MR) is 76.6 cm³/mol. The van der Waals surface area contributed by atoms with Crippen molar-refractivity contribution >= 4 is 19.0 Å². The van der Waals surface area contributed by atoms with E-state index in [1.54, 1.807) is 6.20 Å². The van der Waals surface area contributed by atoms with Crippen LogP contribution >= 0.6 is 7.81 Å². The zero-order valence-electron chi connectivity index (χ0n) is 13.1. The van der Waals surface area contributed by atoms with Crippen molar-refractivity contribution < 1.29 is 30.0 Å². The fraction of sp³-hybridized carbons (Fsp3) is 0.500. The molecule has 0 bridgehead atoms. The average Bonchev–Trinajstić information content (AvgIpc) is 2.74. The molecule has 0 aliphatic carbocycles. The van der Waals surface area contributed by atoms with Crippen LogP contribution in [0.15, 0.2) is 18.3 Å². The van der Waals surface area contributed by atoms with E-state index in [9.17, 15) is 25.2 Å². The molecule has 2 aromatic heterocycles. The Morgan fingerprint density at radius 1 is 1.04 bits per heavy atom. The Balaban J connectivity index is 0.000000351. The summed E-state index contributed by atoms with van der Waals surface area (Å²) in [4.78, 5) is 15.1. The van der Waals surface area contributed by atoms with Crippen molar-refractivity contribution in [3.63, 3.8) is 0 Å². The molecule has 0 aliphatic heterocycles. The zero-order chi connectivity index (χ0) is 18.8. The van der Waals surface area contributed by atoms with Gasteiger partial charge in [-0.3, -0.25) is 9.80 Å². The zero-order valence-corrected chi connectivity index (χ0v) is 14.0. The van der Waals surface area contributed by atoms with E-state index in [2.05, 4.69) is 15.3 Å². The summed E-state index contributed by atoms with van der Waals surface area (Å²) < 4.78 is 59.2. The van der Waals surface area contributed by atoms with Gasteiger partial charge in [-0.1, -0.05) is 4.85 Å². The molecule has 0 radical (unpaired) electrons. The van der Waals surface area contributed by atoms with Gasteiger partial charge in [-0.25, -0.2) is 4.98 Å². The molecule has 0 N–H and O–H groups in total. The molecule has 7 nitrogen and oxygen atoms in total. The van der Waals surface area contributed by atoms with Gasteiger partial charge in [-0.15, -0.1) is 5.10 Å². The number of hydrogen-bond donors (Lipinski definition) is 0. The Morgan fingerprint density at radius 2 is 1.54 bits per heavy atom. The van der Waals surface area contributed by atoms with Crippen LogP contribution in [0, 0.1) is 0 Å². The molecule has 140 valence electrons. The van der Waals surface area contributed by atoms with Crippen molar-refractivity contribution in [3.8, 4) is 0 Å². The second-order valence-electron chi connectivity index (χ2n) is 5.13. The van der Waals surface area contributed by atoms with Crippen LogP contribution in [0.4, 0.5) is 25.2 Å². The van der Waals surface area contributed by atoms with Gasteiger partial charge in [-0.05, 0) is 45.5 Å². The van der Waals surface area contributed by atoms with Crippen molar-refractivity contribution in [1.29, 1.82) is 0 Å². The second-order valence-corrected chi connectivity index (χ2v) is 7.04. The van der Waals surface area contributed by atoms with Crippen LogP contribution in [0.5, 0.6) is 0 Å². The van der Waals surface area contributed by atoms with Crippen molar-refractivity contribution in [2.45, 2.75) is 6.35 Å². The Labute approximate surface area is 133 Å². The Bertz CT molecular complexity index is 668. The maximum absolute atomic E-state index is 10.7. The summed E-state index contributed by atoms with van der Waals surface area (Å²) in [6.45, 7) is 0. The van der Waals surface area contributed by atoms with E-state index in [0.717, 1.165) is 0 Å². The van der Waals surface area contributed by atoms with E-state index in [1.165, 1.54) is 4.85 Å². The molecule has 0 amide bonds. The van der Waals surface area contributed by atoms with Crippen LogP contribution in [0.3, 0.4) is 0 Å². The van der Waals surface area contributed by atoms with Crippen molar-refractivity contribution in [2.24, 2.45) is 0 Å². The van der Waals surface area contributed by atoms with Crippen LogP contribution in [0.1, 0.15) is 0 Å². The van der Waals surface area contributed by atoms with Gasteiger partial charge >= 0.3 is 33.0 Å². The number of pyridine rings is 1. The van der Waals surface area contributed by atoms with Crippen LogP contribution in [-0.2, 0) is 0 Å². The van der Waals surface area contributed by atoms with E-state index < -0.39 is 7.81 Å². The topological polar surface area (TPSA) is 59.3 Å². The number of hydrogen-bond acceptors (Lipinski definition) is 6. The molecule has 0 saturated carbocycles. The third kappa shape index (κ3) is 8.22. The van der Waals surface area contributed by atoms with Gasteiger partial charge in [-0.2, -0.15) is 0 Å². The summed E-state index contributed by atoms with van der Waals surface area (Å²) in [5.41, 5.74) is 1.32. The summed E-state index contributed by atoms with van der Waals surface area (Å²) in [6, 6.07) is 3.66. The Morgan fingerprint density at radius 3 is 2.00 bits per heavy atom. The molecule has 0 atom stereocenters. The molecule has 0 fully saturated rings. The summed E-state index contributed by atoms with van der Waals surface area (Å²) in [6.07, 6.45) is 1.45. The molecule has 24 heavy (non-hydrogen) atoms. The number of aromatic nitrogens is 4. The van der Waals surface area contributed by atoms with Crippen molar-refractivity contribution in [2.75, 3.05) is 28.2 Å². The van der Waals surface area contributed by atoms with Crippen molar-refractivity contribution in [3.05, 3.63) is 18.3 Å². The van der Waals surface area contributed by atoms with Gasteiger partial charge in [0, 0.05) is 6.20 Å². The standard InChI is InChI=1S/C10H16N6O.F6P/c1-14(2)10(15(3)4)17-16-9-8(12-13-16)6-5-7-11-9;1-7(2,3,4,5)6/h5-7,10H,1-4H3;/q;-1. The van der Waals surface area contributed by atoms with Gasteiger partial charge in [0.1, 0.15) is 5.52 Å². The molecule has 0 saturated heterocycles. The SMILES string of the molecule is CN(C)C(On1nnc2cccnc21)N(C)C.F[P-](F)(F)(F)(F)F. The monoisotopic (exact) mass is 381 g/mol. The number of fused-ring (bicyclic) bond motifs is 1. The Hall–Kier alpha value is -1.72. The maximum atomic E-state index is 9.87. The fourth-order valence-electron chi connectivity index (χ4n) is 1.56. The first kappa shape index (κ1) is 20.3. The first-order chi connectivity index (χ1) is 10.5. The van der Waals surface area contributed by atoms with Gasteiger partial charge in [0.15, 0.2) is 0 Å². The van der Waals surface area contributed by atoms with Crippen LogP contribution in [0.25, 0.3) is 11.2 Å². The predicted octanol–water partition coefficient (Wildman–Crippen LogP) is 3.04. The summed E-state index contributed by atoms with van der Waals surface area (Å²) >= 11 is 0. The van der Waals surface area contributed by atoms with Gasteiger partial charge < -0.3 is 4.84 Å². The van der Waals surface area contributed by atoms with E-state index in [4.69, 9.17) is 4.84 Å². The molecule has 0 aromatic carbocycles. The van der Waals surface area contributed by atoms with E-state index in [0.29, 0.717) is 11.2 Å². The van der Waals surface area contributed by atoms with Gasteiger partial charge in [0.2, 0.25) is 12.0 Å². The summed E-state index contributed by atoms with van der Waals surface area (Å²) in [5.74, 6) is 0. The molecule has 2 heterocycles. The van der Waals surface area contributed by atoms with Gasteiger partial charge in [0.05, 0.1) is 0 Å². The summed E-state index contributed by atoms with van der Waals surface area (Å²) in [5, 5.41) is 7.91. The molecule has 0 unspecified atom stereocenters. The molecule has 14 heteroatoms. The third-order valence-corrected chi connectivity index (χ3v) is 2.26. The van der Waals surface area contributed by atoms with Gasteiger partial charge in [0.25, 0.3) is 0 Å². The number of rotatable bonds is 4. The molecule has 0 spiro atoms. The van der Waals surface area contributed by atoms with E-state index in [-0.39, 0.29) is 6.35 Å². The van der Waals surface area contributed by atoms with Crippen LogP contribution in [-0.4, -0.2) is 64.5 Å². The molecule has 2 aromatic rings. The molecule has 0 aliphatic rings. The normalized spacial score (nSPS) is 15.2. The third-order valence-electron chi connectivity index (χ3n) is 2.26. The molecular formula is C10H16F6N6OP-. The molecular weight excluding hydrogens is 365 g/mol. The van der Waals surface area contributed by atoms with Crippen LogP contribution < -0.4 is 4.84 Å². The van der Waals surface area contributed by atoms with Crippen molar-refractivity contribution in [1.82, 2.24) is 29.9 Å². The quantitative estimate of drug-likeness (QED) is 0.461. The first-order valence-electron chi connectivity index (χ1n) is 6.27. The minimum atomic E-state index is -10.7. The van der Waals surface area contributed by atoms with E-state index in [1.807, 2.05) is 50.1 Å². The number of nitrogens with zero attached hydrogens (tertiary/aromatic N) is 6. The van der Waals surface area contributed by atoms with E-state index >= 15 is 0 Å². The summed E-state index contributed by atoms with van der Waals surface area (Å²) in [7, 11) is -2.95. The Kier molecular flexibility index (Phi) is 5.06. The fourth-order valence-corrected chi connectivity index (χ4v) is 1.56. The molecule has 2 rings (SSSR count).